The summed E-state index contributed by atoms with van der Waals surface area (Å²) in [5, 5.41) is 8.86. The van der Waals surface area contributed by atoms with Crippen LogP contribution in [0.15, 0.2) is 22.9 Å². The van der Waals surface area contributed by atoms with Crippen molar-refractivity contribution in [1.29, 1.82) is 0 Å². The monoisotopic (exact) mass is 455 g/mol. The third kappa shape index (κ3) is 5.31. The summed E-state index contributed by atoms with van der Waals surface area (Å²) in [6.07, 6.45) is 1.03. The van der Waals surface area contributed by atoms with Crippen molar-refractivity contribution in [1.82, 2.24) is 14.9 Å². The molecule has 1 aromatic carbocycles. The van der Waals surface area contributed by atoms with Gasteiger partial charge in [0.15, 0.2) is 10.3 Å². The third-order valence-electron chi connectivity index (χ3n) is 5.52. The van der Waals surface area contributed by atoms with Gasteiger partial charge in [-0.3, -0.25) is 9.69 Å². The second-order valence-corrected chi connectivity index (χ2v) is 9.94. The van der Waals surface area contributed by atoms with Gasteiger partial charge in [-0.2, -0.15) is 0 Å². The molecule has 0 unspecified atom stereocenters. The molecule has 4 rings (SSSR count). The molecule has 1 aliphatic heterocycles. The van der Waals surface area contributed by atoms with E-state index in [-0.39, 0.29) is 5.91 Å². The highest BCUT2D eigenvalue weighted by molar-refractivity contribution is 7.14. The van der Waals surface area contributed by atoms with Gasteiger partial charge in [0.1, 0.15) is 0 Å². The fourth-order valence-electron chi connectivity index (χ4n) is 4.20. The van der Waals surface area contributed by atoms with E-state index in [1.807, 2.05) is 12.3 Å². The summed E-state index contributed by atoms with van der Waals surface area (Å²) in [7, 11) is 0. The van der Waals surface area contributed by atoms with E-state index in [4.69, 9.17) is 4.98 Å². The highest BCUT2D eigenvalue weighted by Crippen LogP contribution is 2.31. The standard InChI is InChI=1S/C23H29N5OS2/c1-15-10-16(2)21(17(3)11-15)19-14-30-22(25-19)26-20(29)12-27-6-5-7-28(9-8-27)23-24-18(4)13-31-23/h10-11,13-14H,5-9,12H2,1-4H3,(H,25,26,29). The molecule has 1 amide bonds. The van der Waals surface area contributed by atoms with Crippen LogP contribution in [0.25, 0.3) is 11.3 Å². The Morgan fingerprint density at radius 1 is 1.00 bits per heavy atom. The average Bonchev–Trinajstić information content (AvgIpc) is 3.25. The van der Waals surface area contributed by atoms with Gasteiger partial charge in [0.25, 0.3) is 0 Å². The van der Waals surface area contributed by atoms with Crippen LogP contribution in [0.1, 0.15) is 28.8 Å². The molecule has 3 heterocycles. The van der Waals surface area contributed by atoms with Gasteiger partial charge in [0.05, 0.1) is 17.9 Å². The molecule has 1 saturated heterocycles. The quantitative estimate of drug-likeness (QED) is 0.607. The van der Waals surface area contributed by atoms with E-state index in [0.29, 0.717) is 11.7 Å². The summed E-state index contributed by atoms with van der Waals surface area (Å²) < 4.78 is 0. The summed E-state index contributed by atoms with van der Waals surface area (Å²) in [6.45, 7) is 12.4. The SMILES string of the molecule is Cc1cc(C)c(-c2csc(NC(=O)CN3CCCN(c4nc(C)cs4)CC3)n2)c(C)c1. The number of nitrogens with one attached hydrogen (secondary N) is 1. The molecule has 31 heavy (non-hydrogen) atoms. The predicted molar refractivity (Wildman–Crippen MR) is 131 cm³/mol. The molecule has 6 nitrogen and oxygen atoms in total. The molecule has 3 aromatic rings. The summed E-state index contributed by atoms with van der Waals surface area (Å²) in [6, 6.07) is 4.35. The van der Waals surface area contributed by atoms with Crippen molar-refractivity contribution >= 4 is 38.8 Å². The van der Waals surface area contributed by atoms with E-state index < -0.39 is 0 Å². The lowest BCUT2D eigenvalue weighted by atomic mass is 9.98. The Labute approximate surface area is 192 Å². The van der Waals surface area contributed by atoms with Gasteiger partial charge in [-0.15, -0.1) is 22.7 Å². The molecule has 1 fully saturated rings. The van der Waals surface area contributed by atoms with Crippen molar-refractivity contribution in [2.45, 2.75) is 34.1 Å². The molecule has 1 aliphatic rings. The number of carbonyl (C=O) groups excluding carboxylic acids is 1. The van der Waals surface area contributed by atoms with Crippen LogP contribution in [-0.4, -0.2) is 53.5 Å². The van der Waals surface area contributed by atoms with Crippen molar-refractivity contribution in [3.05, 3.63) is 45.3 Å². The number of anilines is 2. The Balaban J connectivity index is 1.34. The number of amides is 1. The molecule has 0 bridgehead atoms. The molecule has 164 valence electrons. The first-order valence-electron chi connectivity index (χ1n) is 10.6. The van der Waals surface area contributed by atoms with E-state index in [1.54, 1.807) is 11.3 Å². The van der Waals surface area contributed by atoms with E-state index in [2.05, 4.69) is 58.4 Å². The van der Waals surface area contributed by atoms with Crippen molar-refractivity contribution in [3.63, 3.8) is 0 Å². The van der Waals surface area contributed by atoms with Gasteiger partial charge in [-0.1, -0.05) is 17.7 Å². The minimum Gasteiger partial charge on any atom is -0.347 e. The van der Waals surface area contributed by atoms with Gasteiger partial charge >= 0.3 is 0 Å². The van der Waals surface area contributed by atoms with Gasteiger partial charge in [0, 0.05) is 42.5 Å². The second-order valence-electron chi connectivity index (χ2n) is 8.25. The van der Waals surface area contributed by atoms with Gasteiger partial charge in [-0.25, -0.2) is 9.97 Å². The predicted octanol–water partition coefficient (Wildman–Crippen LogP) is 4.65. The molecule has 0 spiro atoms. The second kappa shape index (κ2) is 9.46. The zero-order valence-electron chi connectivity index (χ0n) is 18.6. The molecule has 2 aromatic heterocycles. The van der Waals surface area contributed by atoms with Crippen molar-refractivity contribution in [2.75, 3.05) is 42.9 Å². The van der Waals surface area contributed by atoms with Crippen molar-refractivity contribution < 1.29 is 4.79 Å². The molecule has 0 atom stereocenters. The number of aromatic nitrogens is 2. The van der Waals surface area contributed by atoms with Crippen LogP contribution in [0.3, 0.4) is 0 Å². The lowest BCUT2D eigenvalue weighted by Crippen LogP contribution is -2.36. The van der Waals surface area contributed by atoms with E-state index >= 15 is 0 Å². The maximum atomic E-state index is 12.7. The number of benzene rings is 1. The summed E-state index contributed by atoms with van der Waals surface area (Å²) in [4.78, 5) is 26.5. The van der Waals surface area contributed by atoms with Gasteiger partial charge < -0.3 is 10.2 Å². The highest BCUT2D eigenvalue weighted by Gasteiger charge is 2.20. The Hall–Kier alpha value is -2.29. The van der Waals surface area contributed by atoms with Crippen molar-refractivity contribution in [3.8, 4) is 11.3 Å². The van der Waals surface area contributed by atoms with E-state index in [0.717, 1.165) is 54.7 Å². The maximum absolute atomic E-state index is 12.7. The van der Waals surface area contributed by atoms with Gasteiger partial charge in [-0.05, 0) is 45.2 Å². The normalized spacial score (nSPS) is 15.2. The first-order valence-corrected chi connectivity index (χ1v) is 12.4. The third-order valence-corrected chi connectivity index (χ3v) is 7.29. The molecule has 0 saturated carbocycles. The lowest BCUT2D eigenvalue weighted by Gasteiger charge is -2.20. The van der Waals surface area contributed by atoms with Crippen molar-refractivity contribution in [2.24, 2.45) is 0 Å². The lowest BCUT2D eigenvalue weighted by molar-refractivity contribution is -0.117. The Morgan fingerprint density at radius 2 is 1.77 bits per heavy atom. The number of aryl methyl sites for hydroxylation is 4. The van der Waals surface area contributed by atoms with Crippen LogP contribution in [0, 0.1) is 27.7 Å². The smallest absolute Gasteiger partial charge is 0.240 e. The number of hydrogen-bond donors (Lipinski definition) is 1. The number of thiazole rings is 2. The van der Waals surface area contributed by atoms with Crippen LogP contribution in [0.2, 0.25) is 0 Å². The summed E-state index contributed by atoms with van der Waals surface area (Å²) in [5.41, 5.74) is 6.84. The molecular weight excluding hydrogens is 426 g/mol. The summed E-state index contributed by atoms with van der Waals surface area (Å²) in [5.74, 6) is -0.00297. The number of hydrogen-bond acceptors (Lipinski definition) is 7. The number of carbonyl (C=O) groups is 1. The first kappa shape index (κ1) is 21.9. The minimum absolute atomic E-state index is 0.00297. The molecule has 1 N–H and O–H groups in total. The van der Waals surface area contributed by atoms with Crippen LogP contribution in [0.4, 0.5) is 10.3 Å². The molecule has 8 heteroatoms. The zero-order valence-corrected chi connectivity index (χ0v) is 20.2. The van der Waals surface area contributed by atoms with Gasteiger partial charge in [0.2, 0.25) is 5.91 Å². The van der Waals surface area contributed by atoms with E-state index in [9.17, 15) is 4.79 Å². The van der Waals surface area contributed by atoms with Crippen LogP contribution >= 0.6 is 22.7 Å². The topological polar surface area (TPSA) is 61.4 Å². The fourth-order valence-corrected chi connectivity index (χ4v) is 5.77. The minimum atomic E-state index is -0.00297. The Bertz CT molecular complexity index is 1050. The summed E-state index contributed by atoms with van der Waals surface area (Å²) >= 11 is 3.18. The van der Waals surface area contributed by atoms with Crippen LogP contribution in [-0.2, 0) is 4.79 Å². The molecule has 0 aliphatic carbocycles. The molecule has 0 radical (unpaired) electrons. The Kier molecular flexibility index (Phi) is 6.69. The van der Waals surface area contributed by atoms with Crippen LogP contribution in [0.5, 0.6) is 0 Å². The number of nitrogens with zero attached hydrogens (tertiary/aromatic N) is 4. The number of rotatable bonds is 5. The molecular formula is C23H29N5OS2. The first-order chi connectivity index (χ1) is 14.9. The largest absolute Gasteiger partial charge is 0.347 e. The highest BCUT2D eigenvalue weighted by atomic mass is 32.1. The fraction of sp³-hybridized carbons (Fsp3) is 0.435. The maximum Gasteiger partial charge on any atom is 0.240 e. The average molecular weight is 456 g/mol. The Morgan fingerprint density at radius 3 is 2.48 bits per heavy atom. The van der Waals surface area contributed by atoms with E-state index in [1.165, 1.54) is 28.0 Å². The zero-order chi connectivity index (χ0) is 22.0. The van der Waals surface area contributed by atoms with Crippen LogP contribution < -0.4 is 10.2 Å².